The summed E-state index contributed by atoms with van der Waals surface area (Å²) in [6.07, 6.45) is 4.44. The molecule has 1 aromatic heterocycles. The van der Waals surface area contributed by atoms with E-state index >= 15 is 0 Å². The number of benzene rings is 1. The molecule has 1 aliphatic rings. The van der Waals surface area contributed by atoms with Gasteiger partial charge in [-0.2, -0.15) is 0 Å². The minimum absolute atomic E-state index is 0.398. The van der Waals surface area contributed by atoms with Gasteiger partial charge in [0.15, 0.2) is 0 Å². The van der Waals surface area contributed by atoms with Crippen LogP contribution in [0.1, 0.15) is 50.0 Å². The molecule has 132 valence electrons. The van der Waals surface area contributed by atoms with Crippen LogP contribution in [0.3, 0.4) is 0 Å². The zero-order chi connectivity index (χ0) is 18.0. The van der Waals surface area contributed by atoms with Crippen molar-refractivity contribution < 1.29 is 20.1 Å². The van der Waals surface area contributed by atoms with Gasteiger partial charge in [0.05, 0.1) is 28.8 Å². The maximum absolute atomic E-state index is 11.8. The molecule has 1 atom stereocenters. The number of aromatic nitrogens is 1. The summed E-state index contributed by atoms with van der Waals surface area (Å²) in [5.41, 5.74) is 1.33. The summed E-state index contributed by atoms with van der Waals surface area (Å²) in [6, 6.07) is 9.47. The summed E-state index contributed by atoms with van der Waals surface area (Å²) in [5.74, 6) is -0.842. The van der Waals surface area contributed by atoms with E-state index in [2.05, 4.69) is 4.98 Å². The van der Waals surface area contributed by atoms with E-state index in [1.165, 1.54) is 0 Å². The SMILES string of the molecule is C[C@@H](O)c1ccc2ccc(/C=C/[C@]3(C(=O)O)CC[C@@H](O)CC3)cc2n1. The van der Waals surface area contributed by atoms with Gasteiger partial charge in [-0.05, 0) is 50.3 Å². The molecule has 0 saturated heterocycles. The summed E-state index contributed by atoms with van der Waals surface area (Å²) >= 11 is 0. The number of aliphatic hydroxyl groups is 2. The standard InChI is InChI=1S/C20H23NO4/c1-13(22)17-5-4-15-3-2-14(12-18(15)21-17)6-9-20(19(24)25)10-7-16(23)8-11-20/h2-6,9,12-13,16,22-23H,7-8,10-11H2,1H3,(H,24,25)/b9-6+/t13-,16-,20+/m1/s1. The zero-order valence-electron chi connectivity index (χ0n) is 14.2. The molecular weight excluding hydrogens is 318 g/mol. The number of pyridine rings is 1. The lowest BCUT2D eigenvalue weighted by Crippen LogP contribution is -2.35. The molecule has 0 radical (unpaired) electrons. The van der Waals surface area contributed by atoms with Crippen LogP contribution < -0.4 is 0 Å². The number of nitrogens with zero attached hydrogens (tertiary/aromatic N) is 1. The molecule has 1 aromatic carbocycles. The van der Waals surface area contributed by atoms with E-state index in [1.807, 2.05) is 30.3 Å². The third kappa shape index (κ3) is 3.72. The molecule has 0 amide bonds. The number of carbonyl (C=O) groups is 1. The van der Waals surface area contributed by atoms with Gasteiger partial charge < -0.3 is 15.3 Å². The Labute approximate surface area is 146 Å². The van der Waals surface area contributed by atoms with E-state index in [0.717, 1.165) is 16.5 Å². The molecular formula is C20H23NO4. The van der Waals surface area contributed by atoms with Crippen LogP contribution >= 0.6 is 0 Å². The molecule has 1 aliphatic carbocycles. The van der Waals surface area contributed by atoms with Gasteiger partial charge in [0.1, 0.15) is 0 Å². The van der Waals surface area contributed by atoms with E-state index in [1.54, 1.807) is 19.1 Å². The van der Waals surface area contributed by atoms with Crippen LogP contribution in [0.25, 0.3) is 17.0 Å². The topological polar surface area (TPSA) is 90.7 Å². The number of carboxylic acid groups (broad SMARTS) is 1. The van der Waals surface area contributed by atoms with Crippen molar-refractivity contribution in [2.75, 3.05) is 0 Å². The Kier molecular flexibility index (Phi) is 4.88. The van der Waals surface area contributed by atoms with Crippen LogP contribution in [0, 0.1) is 5.41 Å². The molecule has 0 spiro atoms. The normalized spacial score (nSPS) is 25.3. The highest BCUT2D eigenvalue weighted by atomic mass is 16.4. The summed E-state index contributed by atoms with van der Waals surface area (Å²) in [5, 5.41) is 29.9. The van der Waals surface area contributed by atoms with E-state index in [4.69, 9.17) is 0 Å². The maximum atomic E-state index is 11.8. The Bertz CT molecular complexity index is 804. The summed E-state index contributed by atoms with van der Waals surface area (Å²) in [6.45, 7) is 1.67. The molecule has 5 heteroatoms. The second-order valence-electron chi connectivity index (χ2n) is 6.89. The largest absolute Gasteiger partial charge is 0.481 e. The molecule has 3 rings (SSSR count). The van der Waals surface area contributed by atoms with Gasteiger partial charge >= 0.3 is 5.97 Å². The Morgan fingerprint density at radius 3 is 2.60 bits per heavy atom. The lowest BCUT2D eigenvalue weighted by atomic mass is 9.73. The molecule has 25 heavy (non-hydrogen) atoms. The lowest BCUT2D eigenvalue weighted by Gasteiger charge is -2.32. The summed E-state index contributed by atoms with van der Waals surface area (Å²) < 4.78 is 0. The molecule has 0 unspecified atom stereocenters. The van der Waals surface area contributed by atoms with Crippen LogP contribution in [0.5, 0.6) is 0 Å². The third-order valence-corrected chi connectivity index (χ3v) is 5.03. The van der Waals surface area contributed by atoms with Crippen LogP contribution in [-0.2, 0) is 4.79 Å². The predicted molar refractivity (Wildman–Crippen MR) is 96.0 cm³/mol. The maximum Gasteiger partial charge on any atom is 0.313 e. The fourth-order valence-corrected chi connectivity index (χ4v) is 3.31. The van der Waals surface area contributed by atoms with Crippen molar-refractivity contribution in [3.8, 4) is 0 Å². The van der Waals surface area contributed by atoms with Crippen molar-refractivity contribution >= 4 is 22.9 Å². The fraction of sp³-hybridized carbons (Fsp3) is 0.400. The smallest absolute Gasteiger partial charge is 0.313 e. The third-order valence-electron chi connectivity index (χ3n) is 5.03. The highest BCUT2D eigenvalue weighted by Gasteiger charge is 2.39. The molecule has 1 fully saturated rings. The van der Waals surface area contributed by atoms with Gasteiger partial charge in [-0.15, -0.1) is 0 Å². The zero-order valence-corrected chi connectivity index (χ0v) is 14.2. The van der Waals surface area contributed by atoms with Crippen LogP contribution in [-0.4, -0.2) is 32.4 Å². The second-order valence-corrected chi connectivity index (χ2v) is 6.89. The number of carboxylic acids is 1. The minimum atomic E-state index is -0.914. The van der Waals surface area contributed by atoms with Crippen LogP contribution in [0.15, 0.2) is 36.4 Å². The van der Waals surface area contributed by atoms with Crippen molar-refractivity contribution in [3.63, 3.8) is 0 Å². The number of aliphatic carboxylic acids is 1. The first-order valence-corrected chi connectivity index (χ1v) is 8.59. The molecule has 0 aliphatic heterocycles. The quantitative estimate of drug-likeness (QED) is 0.794. The van der Waals surface area contributed by atoms with E-state index in [0.29, 0.717) is 31.4 Å². The highest BCUT2D eigenvalue weighted by Crippen LogP contribution is 2.38. The first kappa shape index (κ1) is 17.6. The molecule has 0 bridgehead atoms. The van der Waals surface area contributed by atoms with Crippen molar-refractivity contribution in [2.24, 2.45) is 5.41 Å². The van der Waals surface area contributed by atoms with E-state index < -0.39 is 23.6 Å². The van der Waals surface area contributed by atoms with Gasteiger partial charge in [-0.1, -0.05) is 30.4 Å². The van der Waals surface area contributed by atoms with Crippen molar-refractivity contribution in [1.82, 2.24) is 4.98 Å². The predicted octanol–water partition coefficient (Wildman–Crippen LogP) is 3.31. The summed E-state index contributed by atoms with van der Waals surface area (Å²) in [7, 11) is 0. The first-order valence-electron chi connectivity index (χ1n) is 8.59. The highest BCUT2D eigenvalue weighted by molar-refractivity contribution is 5.82. The second kappa shape index (κ2) is 6.94. The van der Waals surface area contributed by atoms with Crippen molar-refractivity contribution in [2.45, 2.75) is 44.8 Å². The van der Waals surface area contributed by atoms with Gasteiger partial charge in [-0.3, -0.25) is 9.78 Å². The Hall–Kier alpha value is -2.24. The van der Waals surface area contributed by atoms with Gasteiger partial charge in [0, 0.05) is 5.39 Å². The summed E-state index contributed by atoms with van der Waals surface area (Å²) in [4.78, 5) is 16.2. The lowest BCUT2D eigenvalue weighted by molar-refractivity contribution is -0.148. The number of aliphatic hydroxyl groups excluding tert-OH is 2. The average Bonchev–Trinajstić information content (AvgIpc) is 2.60. The molecule has 1 heterocycles. The van der Waals surface area contributed by atoms with Crippen LogP contribution in [0.4, 0.5) is 0 Å². The number of rotatable bonds is 4. The molecule has 5 nitrogen and oxygen atoms in total. The molecule has 1 saturated carbocycles. The number of hydrogen-bond acceptors (Lipinski definition) is 4. The van der Waals surface area contributed by atoms with Crippen molar-refractivity contribution in [1.29, 1.82) is 0 Å². The van der Waals surface area contributed by atoms with Gasteiger partial charge in [0.2, 0.25) is 0 Å². The fourth-order valence-electron chi connectivity index (χ4n) is 3.31. The number of hydrogen-bond donors (Lipinski definition) is 3. The Morgan fingerprint density at radius 1 is 1.28 bits per heavy atom. The first-order chi connectivity index (χ1) is 11.9. The van der Waals surface area contributed by atoms with Gasteiger partial charge in [0.25, 0.3) is 0 Å². The Morgan fingerprint density at radius 2 is 1.96 bits per heavy atom. The van der Waals surface area contributed by atoms with Crippen LogP contribution in [0.2, 0.25) is 0 Å². The molecule has 3 N–H and O–H groups in total. The van der Waals surface area contributed by atoms with Crippen molar-refractivity contribution in [3.05, 3.63) is 47.7 Å². The minimum Gasteiger partial charge on any atom is -0.481 e. The van der Waals surface area contributed by atoms with E-state index in [-0.39, 0.29) is 0 Å². The average molecular weight is 341 g/mol. The monoisotopic (exact) mass is 341 g/mol. The molecule has 2 aromatic rings. The van der Waals surface area contributed by atoms with Gasteiger partial charge in [-0.25, -0.2) is 0 Å². The van der Waals surface area contributed by atoms with E-state index in [9.17, 15) is 20.1 Å². The number of fused-ring (bicyclic) bond motifs is 1. The Balaban J connectivity index is 1.90.